The lowest BCUT2D eigenvalue weighted by Crippen LogP contribution is -2.43. The van der Waals surface area contributed by atoms with Crippen LogP contribution in [0.5, 0.6) is 0 Å². The molecule has 5 heteroatoms. The van der Waals surface area contributed by atoms with E-state index in [0.29, 0.717) is 18.1 Å². The third-order valence-corrected chi connectivity index (χ3v) is 4.32. The third-order valence-electron chi connectivity index (χ3n) is 3.15. The van der Waals surface area contributed by atoms with E-state index in [1.165, 1.54) is 19.3 Å². The highest BCUT2D eigenvalue weighted by Crippen LogP contribution is 2.27. The van der Waals surface area contributed by atoms with E-state index >= 15 is 0 Å². The third kappa shape index (κ3) is 5.44. The minimum Gasteiger partial charge on any atom is -0.481 e. The Labute approximate surface area is 107 Å². The largest absolute Gasteiger partial charge is 0.481 e. The van der Waals surface area contributed by atoms with Crippen molar-refractivity contribution < 1.29 is 14.7 Å². The van der Waals surface area contributed by atoms with Crippen molar-refractivity contribution in [1.82, 2.24) is 5.32 Å². The van der Waals surface area contributed by atoms with Crippen LogP contribution in [0.25, 0.3) is 0 Å². The van der Waals surface area contributed by atoms with Gasteiger partial charge in [-0.15, -0.1) is 0 Å². The molecule has 1 aliphatic rings. The molecule has 4 nitrogen and oxygen atoms in total. The fraction of sp³-hybridized carbons (Fsp3) is 0.833. The van der Waals surface area contributed by atoms with Gasteiger partial charge in [0.2, 0.25) is 5.91 Å². The number of hydrogen-bond donors (Lipinski definition) is 2. The van der Waals surface area contributed by atoms with E-state index in [1.807, 2.05) is 11.8 Å². The summed E-state index contributed by atoms with van der Waals surface area (Å²) in [5, 5.41) is 12.1. The number of hydrogen-bond acceptors (Lipinski definition) is 3. The SMILES string of the molecule is CSC1CCCCC1NC(=O)CCCC(=O)O. The molecular formula is C12H21NO3S. The highest BCUT2D eigenvalue weighted by atomic mass is 32.2. The second-order valence-corrected chi connectivity index (χ2v) is 5.56. The van der Waals surface area contributed by atoms with Gasteiger partial charge in [-0.3, -0.25) is 9.59 Å². The Kier molecular flexibility index (Phi) is 6.40. The molecule has 0 aliphatic heterocycles. The van der Waals surface area contributed by atoms with Crippen molar-refractivity contribution in [2.75, 3.05) is 6.26 Å². The van der Waals surface area contributed by atoms with Gasteiger partial charge >= 0.3 is 5.97 Å². The van der Waals surface area contributed by atoms with Crippen LogP contribution in [0.2, 0.25) is 0 Å². The van der Waals surface area contributed by atoms with E-state index in [-0.39, 0.29) is 18.4 Å². The quantitative estimate of drug-likeness (QED) is 0.766. The lowest BCUT2D eigenvalue weighted by Gasteiger charge is -2.30. The maximum Gasteiger partial charge on any atom is 0.303 e. The van der Waals surface area contributed by atoms with Crippen molar-refractivity contribution in [2.45, 2.75) is 56.2 Å². The van der Waals surface area contributed by atoms with Crippen LogP contribution in [0.1, 0.15) is 44.9 Å². The number of amides is 1. The highest BCUT2D eigenvalue weighted by Gasteiger charge is 2.25. The van der Waals surface area contributed by atoms with Crippen molar-refractivity contribution >= 4 is 23.6 Å². The highest BCUT2D eigenvalue weighted by molar-refractivity contribution is 7.99. The molecule has 0 aromatic heterocycles. The monoisotopic (exact) mass is 259 g/mol. The van der Waals surface area contributed by atoms with Crippen LogP contribution in [-0.2, 0) is 9.59 Å². The van der Waals surface area contributed by atoms with Crippen molar-refractivity contribution in [2.24, 2.45) is 0 Å². The zero-order chi connectivity index (χ0) is 12.7. The Hall–Kier alpha value is -0.710. The van der Waals surface area contributed by atoms with E-state index in [0.717, 1.165) is 6.42 Å². The topological polar surface area (TPSA) is 66.4 Å². The molecule has 0 radical (unpaired) electrons. The Morgan fingerprint density at radius 1 is 1.29 bits per heavy atom. The Morgan fingerprint density at radius 2 is 2.00 bits per heavy atom. The predicted molar refractivity (Wildman–Crippen MR) is 69.2 cm³/mol. The number of carbonyl (C=O) groups excluding carboxylic acids is 1. The summed E-state index contributed by atoms with van der Waals surface area (Å²) in [6.07, 6.45) is 7.55. The molecule has 1 fully saturated rings. The molecule has 1 amide bonds. The summed E-state index contributed by atoms with van der Waals surface area (Å²) in [5.41, 5.74) is 0. The number of carboxylic acids is 1. The summed E-state index contributed by atoms with van der Waals surface area (Å²) in [6.45, 7) is 0. The number of carbonyl (C=O) groups is 2. The fourth-order valence-electron chi connectivity index (χ4n) is 2.22. The van der Waals surface area contributed by atoms with Crippen molar-refractivity contribution in [1.29, 1.82) is 0 Å². The van der Waals surface area contributed by atoms with Crippen molar-refractivity contribution in [3.8, 4) is 0 Å². The van der Waals surface area contributed by atoms with Gasteiger partial charge in [-0.25, -0.2) is 0 Å². The van der Waals surface area contributed by atoms with Gasteiger partial charge < -0.3 is 10.4 Å². The van der Waals surface area contributed by atoms with Gasteiger partial charge in [-0.1, -0.05) is 12.8 Å². The minimum absolute atomic E-state index is 0.00259. The van der Waals surface area contributed by atoms with Gasteiger partial charge in [0.15, 0.2) is 0 Å². The first-order valence-corrected chi connectivity index (χ1v) is 7.46. The summed E-state index contributed by atoms with van der Waals surface area (Å²) in [7, 11) is 0. The molecule has 0 spiro atoms. The summed E-state index contributed by atoms with van der Waals surface area (Å²) in [4.78, 5) is 22.0. The van der Waals surface area contributed by atoms with Gasteiger partial charge in [-0.2, -0.15) is 11.8 Å². The van der Waals surface area contributed by atoms with E-state index in [4.69, 9.17) is 5.11 Å². The van der Waals surface area contributed by atoms with Crippen LogP contribution < -0.4 is 5.32 Å². The lowest BCUT2D eigenvalue weighted by atomic mass is 9.94. The number of thioether (sulfide) groups is 1. The Bertz CT molecular complexity index is 270. The second-order valence-electron chi connectivity index (χ2n) is 4.48. The van der Waals surface area contributed by atoms with Gasteiger partial charge in [0.05, 0.1) is 0 Å². The Morgan fingerprint density at radius 3 is 2.65 bits per heavy atom. The Balaban J connectivity index is 2.26. The average Bonchev–Trinajstić information content (AvgIpc) is 2.29. The van der Waals surface area contributed by atoms with E-state index < -0.39 is 5.97 Å². The molecule has 0 aromatic carbocycles. The fourth-order valence-corrected chi connectivity index (χ4v) is 3.16. The molecule has 0 bridgehead atoms. The number of aliphatic carboxylic acids is 1. The van der Waals surface area contributed by atoms with Gasteiger partial charge in [0.1, 0.15) is 0 Å². The molecule has 0 heterocycles. The molecular weight excluding hydrogens is 238 g/mol. The first-order valence-electron chi connectivity index (χ1n) is 6.17. The van der Waals surface area contributed by atoms with Crippen LogP contribution in [0.15, 0.2) is 0 Å². The summed E-state index contributed by atoms with van der Waals surface area (Å²) >= 11 is 1.82. The molecule has 2 unspecified atom stereocenters. The van der Waals surface area contributed by atoms with Gasteiger partial charge in [-0.05, 0) is 25.5 Å². The normalized spacial score (nSPS) is 24.3. The molecule has 1 aliphatic carbocycles. The molecule has 2 atom stereocenters. The summed E-state index contributed by atoms with van der Waals surface area (Å²) < 4.78 is 0. The standard InChI is InChI=1S/C12H21NO3S/c1-17-10-6-3-2-5-9(10)13-11(14)7-4-8-12(15)16/h9-10H,2-8H2,1H3,(H,13,14)(H,15,16). The molecule has 2 N–H and O–H groups in total. The number of rotatable bonds is 6. The molecule has 17 heavy (non-hydrogen) atoms. The van der Waals surface area contributed by atoms with E-state index in [2.05, 4.69) is 11.6 Å². The molecule has 1 rings (SSSR count). The lowest BCUT2D eigenvalue weighted by molar-refractivity contribution is -0.137. The number of carboxylic acid groups (broad SMARTS) is 1. The van der Waals surface area contributed by atoms with Crippen LogP contribution in [-0.4, -0.2) is 34.5 Å². The zero-order valence-electron chi connectivity index (χ0n) is 10.3. The van der Waals surface area contributed by atoms with E-state index in [9.17, 15) is 9.59 Å². The molecule has 98 valence electrons. The average molecular weight is 259 g/mol. The zero-order valence-corrected chi connectivity index (χ0v) is 11.1. The van der Waals surface area contributed by atoms with Crippen molar-refractivity contribution in [3.05, 3.63) is 0 Å². The molecule has 1 saturated carbocycles. The predicted octanol–water partition coefficient (Wildman–Crippen LogP) is 2.03. The molecule has 0 saturated heterocycles. The van der Waals surface area contributed by atoms with Crippen LogP contribution >= 0.6 is 11.8 Å². The molecule has 0 aromatic rings. The number of nitrogens with one attached hydrogen (secondary N) is 1. The van der Waals surface area contributed by atoms with Crippen molar-refractivity contribution in [3.63, 3.8) is 0 Å². The van der Waals surface area contributed by atoms with Gasteiger partial charge in [0, 0.05) is 24.1 Å². The summed E-state index contributed by atoms with van der Waals surface area (Å²) in [5.74, 6) is -0.838. The maximum atomic E-state index is 11.6. The second kappa shape index (κ2) is 7.58. The van der Waals surface area contributed by atoms with Crippen LogP contribution in [0.3, 0.4) is 0 Å². The maximum absolute atomic E-state index is 11.6. The van der Waals surface area contributed by atoms with Crippen LogP contribution in [0.4, 0.5) is 0 Å². The van der Waals surface area contributed by atoms with Crippen LogP contribution in [0, 0.1) is 0 Å². The minimum atomic E-state index is -0.836. The van der Waals surface area contributed by atoms with E-state index in [1.54, 1.807) is 0 Å². The smallest absolute Gasteiger partial charge is 0.303 e. The van der Waals surface area contributed by atoms with Gasteiger partial charge in [0.25, 0.3) is 0 Å². The first-order chi connectivity index (χ1) is 8.13. The summed E-state index contributed by atoms with van der Waals surface area (Å²) in [6, 6.07) is 0.274. The first kappa shape index (κ1) is 14.4.